The van der Waals surface area contributed by atoms with Crippen LogP contribution in [0, 0.1) is 0 Å². The van der Waals surface area contributed by atoms with Crippen LogP contribution in [-0.4, -0.2) is 19.9 Å². The Morgan fingerprint density at radius 3 is 2.20 bits per heavy atom. The van der Waals surface area contributed by atoms with Gasteiger partial charge in [-0.2, -0.15) is 0 Å². The molecule has 0 atom stereocenters. The van der Waals surface area contributed by atoms with Crippen LogP contribution in [0.25, 0.3) is 0 Å². The third-order valence-corrected chi connectivity index (χ3v) is 3.65. The highest BCUT2D eigenvalue weighted by molar-refractivity contribution is 7.91. The molecule has 0 fully saturated rings. The van der Waals surface area contributed by atoms with Crippen LogP contribution in [0.15, 0.2) is 11.1 Å². The largest absolute Gasteiger partial charge is 0.228 e. The molecule has 0 spiro atoms. The molecular formula is C7H12O2S. The molecule has 1 rings (SSSR count). The normalized spacial score (nSPS) is 25.0. The third-order valence-electron chi connectivity index (χ3n) is 1.95. The van der Waals surface area contributed by atoms with Crippen LogP contribution in [0.5, 0.6) is 0 Å². The van der Waals surface area contributed by atoms with Crippen molar-refractivity contribution < 1.29 is 8.42 Å². The molecule has 0 aliphatic carbocycles. The summed E-state index contributed by atoms with van der Waals surface area (Å²) in [6.07, 6.45) is 0.730. The quantitative estimate of drug-likeness (QED) is 0.498. The van der Waals surface area contributed by atoms with Gasteiger partial charge in [0.05, 0.1) is 11.5 Å². The summed E-state index contributed by atoms with van der Waals surface area (Å²) >= 11 is 0. The van der Waals surface area contributed by atoms with Gasteiger partial charge in [-0.25, -0.2) is 8.42 Å². The molecule has 10 heavy (non-hydrogen) atoms. The first-order valence-electron chi connectivity index (χ1n) is 3.37. The monoisotopic (exact) mass is 160 g/mol. The van der Waals surface area contributed by atoms with Crippen LogP contribution in [0.1, 0.15) is 20.3 Å². The topological polar surface area (TPSA) is 34.1 Å². The first-order valence-corrected chi connectivity index (χ1v) is 5.19. The van der Waals surface area contributed by atoms with E-state index in [2.05, 4.69) is 0 Å². The molecule has 1 heterocycles. The lowest BCUT2D eigenvalue weighted by atomic mass is 10.1. The summed E-state index contributed by atoms with van der Waals surface area (Å²) in [7, 11) is -2.72. The predicted molar refractivity (Wildman–Crippen MR) is 41.6 cm³/mol. The molecule has 0 unspecified atom stereocenters. The van der Waals surface area contributed by atoms with Gasteiger partial charge in [-0.15, -0.1) is 0 Å². The maximum atomic E-state index is 11.0. The zero-order valence-corrected chi connectivity index (χ0v) is 7.16. The molecule has 58 valence electrons. The van der Waals surface area contributed by atoms with Crippen molar-refractivity contribution in [1.29, 1.82) is 0 Å². The first kappa shape index (κ1) is 7.79. The van der Waals surface area contributed by atoms with Crippen molar-refractivity contribution in [2.45, 2.75) is 20.3 Å². The van der Waals surface area contributed by atoms with Crippen LogP contribution >= 0.6 is 0 Å². The Balaban J connectivity index is 2.93. The van der Waals surface area contributed by atoms with Crippen LogP contribution in [0.2, 0.25) is 0 Å². The van der Waals surface area contributed by atoms with E-state index in [1.54, 1.807) is 0 Å². The maximum Gasteiger partial charge on any atom is 0.154 e. The fourth-order valence-electron chi connectivity index (χ4n) is 1.05. The van der Waals surface area contributed by atoms with Gasteiger partial charge >= 0.3 is 0 Å². The van der Waals surface area contributed by atoms with Crippen molar-refractivity contribution in [3.8, 4) is 0 Å². The Kier molecular flexibility index (Phi) is 1.86. The molecule has 0 aromatic heterocycles. The molecule has 0 saturated heterocycles. The van der Waals surface area contributed by atoms with Gasteiger partial charge in [0, 0.05) is 0 Å². The molecule has 0 N–H and O–H groups in total. The number of hydrogen-bond acceptors (Lipinski definition) is 2. The highest BCUT2D eigenvalue weighted by Gasteiger charge is 2.18. The van der Waals surface area contributed by atoms with Crippen LogP contribution in [-0.2, 0) is 9.84 Å². The molecular weight excluding hydrogens is 148 g/mol. The first-order chi connectivity index (χ1) is 4.51. The number of sulfone groups is 1. The van der Waals surface area contributed by atoms with Gasteiger partial charge < -0.3 is 0 Å². The summed E-state index contributed by atoms with van der Waals surface area (Å²) in [4.78, 5) is 0. The van der Waals surface area contributed by atoms with Crippen molar-refractivity contribution in [1.82, 2.24) is 0 Å². The van der Waals surface area contributed by atoms with E-state index in [-0.39, 0.29) is 5.75 Å². The van der Waals surface area contributed by atoms with Crippen molar-refractivity contribution in [3.05, 3.63) is 11.1 Å². The van der Waals surface area contributed by atoms with Gasteiger partial charge in [0.1, 0.15) is 0 Å². The smallest absolute Gasteiger partial charge is 0.154 e. The average molecular weight is 160 g/mol. The highest BCUT2D eigenvalue weighted by atomic mass is 32.2. The van der Waals surface area contributed by atoms with E-state index in [1.807, 2.05) is 13.8 Å². The molecule has 1 aliphatic heterocycles. The molecule has 3 heteroatoms. The molecule has 0 aromatic carbocycles. The number of hydrogen-bond donors (Lipinski definition) is 0. The molecule has 0 saturated carbocycles. The SMILES string of the molecule is CC1=C(C)CS(=O)(=O)CC1. The summed E-state index contributed by atoms with van der Waals surface area (Å²) in [5, 5.41) is 0. The second-order valence-electron chi connectivity index (χ2n) is 2.90. The molecule has 1 aliphatic rings. The highest BCUT2D eigenvalue weighted by Crippen LogP contribution is 2.17. The summed E-state index contributed by atoms with van der Waals surface area (Å²) < 4.78 is 21.9. The van der Waals surface area contributed by atoms with E-state index in [9.17, 15) is 8.42 Å². The molecule has 2 nitrogen and oxygen atoms in total. The van der Waals surface area contributed by atoms with Gasteiger partial charge in [0.15, 0.2) is 9.84 Å². The van der Waals surface area contributed by atoms with Crippen LogP contribution < -0.4 is 0 Å². The molecule has 0 amide bonds. The summed E-state index contributed by atoms with van der Waals surface area (Å²) in [6, 6.07) is 0. The molecule has 0 radical (unpaired) electrons. The molecule has 0 bridgehead atoms. The third kappa shape index (κ3) is 1.59. The minimum absolute atomic E-state index is 0.277. The summed E-state index contributed by atoms with van der Waals surface area (Å²) in [5.41, 5.74) is 2.28. The van der Waals surface area contributed by atoms with Crippen molar-refractivity contribution >= 4 is 9.84 Å². The van der Waals surface area contributed by atoms with Crippen molar-refractivity contribution in [2.75, 3.05) is 11.5 Å². The van der Waals surface area contributed by atoms with Gasteiger partial charge in [-0.1, -0.05) is 11.1 Å². The number of allylic oxidation sites excluding steroid dienone is 1. The van der Waals surface area contributed by atoms with Crippen LogP contribution in [0.3, 0.4) is 0 Å². The Morgan fingerprint density at radius 2 is 1.80 bits per heavy atom. The minimum atomic E-state index is -2.72. The Morgan fingerprint density at radius 1 is 1.20 bits per heavy atom. The fourth-order valence-corrected chi connectivity index (χ4v) is 2.71. The standard InChI is InChI=1S/C7H12O2S/c1-6-3-4-10(8,9)5-7(6)2/h3-5H2,1-2H3. The van der Waals surface area contributed by atoms with Crippen molar-refractivity contribution in [3.63, 3.8) is 0 Å². The second-order valence-corrected chi connectivity index (χ2v) is 5.09. The zero-order valence-electron chi connectivity index (χ0n) is 6.35. The second kappa shape index (κ2) is 2.38. The zero-order chi connectivity index (χ0) is 7.78. The van der Waals surface area contributed by atoms with Gasteiger partial charge in [0.2, 0.25) is 0 Å². The predicted octanol–water partition coefficient (Wildman–Crippen LogP) is 1.14. The lowest BCUT2D eigenvalue weighted by Crippen LogP contribution is -2.17. The maximum absolute atomic E-state index is 11.0. The van der Waals surface area contributed by atoms with Gasteiger partial charge in [-0.3, -0.25) is 0 Å². The minimum Gasteiger partial charge on any atom is -0.228 e. The average Bonchev–Trinajstić information content (AvgIpc) is 1.79. The van der Waals surface area contributed by atoms with E-state index in [1.165, 1.54) is 5.57 Å². The summed E-state index contributed by atoms with van der Waals surface area (Å²) in [6.45, 7) is 3.90. The summed E-state index contributed by atoms with van der Waals surface area (Å²) in [5.74, 6) is 0.620. The lowest BCUT2D eigenvalue weighted by Gasteiger charge is -2.14. The van der Waals surface area contributed by atoms with E-state index in [0.29, 0.717) is 5.75 Å². The fraction of sp³-hybridized carbons (Fsp3) is 0.714. The van der Waals surface area contributed by atoms with Crippen molar-refractivity contribution in [2.24, 2.45) is 0 Å². The Bertz CT molecular complexity index is 259. The molecule has 0 aromatic rings. The Labute approximate surface area is 61.9 Å². The van der Waals surface area contributed by atoms with E-state index < -0.39 is 9.84 Å². The number of rotatable bonds is 0. The van der Waals surface area contributed by atoms with E-state index in [4.69, 9.17) is 0 Å². The van der Waals surface area contributed by atoms with E-state index >= 15 is 0 Å². The lowest BCUT2D eigenvalue weighted by molar-refractivity contribution is 0.594. The Hall–Kier alpha value is -0.310. The van der Waals surface area contributed by atoms with Crippen LogP contribution in [0.4, 0.5) is 0 Å². The van der Waals surface area contributed by atoms with E-state index in [0.717, 1.165) is 12.0 Å². The van der Waals surface area contributed by atoms with Gasteiger partial charge in [-0.05, 0) is 20.3 Å². The van der Waals surface area contributed by atoms with Gasteiger partial charge in [0.25, 0.3) is 0 Å².